The zero-order valence-electron chi connectivity index (χ0n) is 9.33. The minimum atomic E-state index is -0.926. The molecule has 0 spiro atoms. The van der Waals surface area contributed by atoms with E-state index in [2.05, 4.69) is 22.5 Å². The highest BCUT2D eigenvalue weighted by atomic mass is 79.9. The van der Waals surface area contributed by atoms with Gasteiger partial charge in [0.05, 0.1) is 11.3 Å². The lowest BCUT2D eigenvalue weighted by Gasteiger charge is -2.21. The lowest BCUT2D eigenvalue weighted by molar-refractivity contribution is 0.0697. The Balaban J connectivity index is 3.12. The number of carboxylic acids is 1. The van der Waals surface area contributed by atoms with E-state index in [1.807, 2.05) is 24.9 Å². The van der Waals surface area contributed by atoms with E-state index in [1.54, 1.807) is 12.1 Å². The van der Waals surface area contributed by atoms with E-state index in [0.717, 1.165) is 10.0 Å². The predicted octanol–water partition coefficient (Wildman–Crippen LogP) is 3.16. The Bertz CT molecular complexity index is 429. The average Bonchev–Trinajstić information content (AvgIpc) is 2.16. The summed E-state index contributed by atoms with van der Waals surface area (Å²) in [5.74, 6) is -0.926. The van der Waals surface area contributed by atoms with Crippen molar-refractivity contribution in [1.82, 2.24) is 0 Å². The van der Waals surface area contributed by atoms with Gasteiger partial charge in [-0.1, -0.05) is 28.1 Å². The van der Waals surface area contributed by atoms with E-state index in [0.29, 0.717) is 12.2 Å². The van der Waals surface area contributed by atoms with Crippen molar-refractivity contribution in [3.05, 3.63) is 40.4 Å². The summed E-state index contributed by atoms with van der Waals surface area (Å²) in [4.78, 5) is 13.0. The molecule has 0 amide bonds. The highest BCUT2D eigenvalue weighted by Crippen LogP contribution is 2.24. The van der Waals surface area contributed by atoms with Crippen LogP contribution in [0.3, 0.4) is 0 Å². The predicted molar refractivity (Wildman–Crippen MR) is 69.2 cm³/mol. The lowest BCUT2D eigenvalue weighted by Crippen LogP contribution is -2.21. The van der Waals surface area contributed by atoms with Gasteiger partial charge in [-0.2, -0.15) is 0 Å². The standard InChI is InChI=1S/C12H14BrNO2/c1-8(2)7-14(3)11-5-4-9(13)6-10(11)12(15)16/h4-6H,1,7H2,2-3H3,(H,15,16). The van der Waals surface area contributed by atoms with Crippen molar-refractivity contribution >= 4 is 27.6 Å². The fourth-order valence-electron chi connectivity index (χ4n) is 1.50. The number of hydrogen-bond acceptors (Lipinski definition) is 2. The SMILES string of the molecule is C=C(C)CN(C)c1ccc(Br)cc1C(=O)O. The van der Waals surface area contributed by atoms with Crippen molar-refractivity contribution in [2.45, 2.75) is 6.92 Å². The first-order chi connectivity index (χ1) is 7.41. The van der Waals surface area contributed by atoms with E-state index in [4.69, 9.17) is 5.11 Å². The number of carboxylic acid groups (broad SMARTS) is 1. The smallest absolute Gasteiger partial charge is 0.337 e. The number of likely N-dealkylation sites (N-methyl/N-ethyl adjacent to an activating group) is 1. The van der Waals surface area contributed by atoms with Crippen LogP contribution in [0.5, 0.6) is 0 Å². The van der Waals surface area contributed by atoms with Crippen molar-refractivity contribution in [3.63, 3.8) is 0 Å². The van der Waals surface area contributed by atoms with Gasteiger partial charge in [0, 0.05) is 18.1 Å². The van der Waals surface area contributed by atoms with Crippen LogP contribution in [-0.2, 0) is 0 Å². The van der Waals surface area contributed by atoms with Gasteiger partial charge in [-0.15, -0.1) is 0 Å². The molecule has 1 N–H and O–H groups in total. The van der Waals surface area contributed by atoms with Crippen LogP contribution < -0.4 is 4.90 Å². The zero-order chi connectivity index (χ0) is 12.3. The van der Waals surface area contributed by atoms with Crippen LogP contribution in [0.2, 0.25) is 0 Å². The van der Waals surface area contributed by atoms with E-state index in [-0.39, 0.29) is 5.56 Å². The number of rotatable bonds is 4. The summed E-state index contributed by atoms with van der Waals surface area (Å²) in [5, 5.41) is 9.10. The molecule has 0 radical (unpaired) electrons. The summed E-state index contributed by atoms with van der Waals surface area (Å²) in [6.45, 7) is 6.37. The minimum absolute atomic E-state index is 0.290. The Hall–Kier alpha value is -1.29. The molecule has 0 heterocycles. The van der Waals surface area contributed by atoms with Crippen LogP contribution in [0.1, 0.15) is 17.3 Å². The first-order valence-electron chi connectivity index (χ1n) is 4.80. The largest absolute Gasteiger partial charge is 0.478 e. The second kappa shape index (κ2) is 5.16. The molecule has 1 rings (SSSR count). The fourth-order valence-corrected chi connectivity index (χ4v) is 1.86. The van der Waals surface area contributed by atoms with Crippen LogP contribution in [0, 0.1) is 0 Å². The number of hydrogen-bond donors (Lipinski definition) is 1. The van der Waals surface area contributed by atoms with Crippen LogP contribution in [0.25, 0.3) is 0 Å². The molecule has 16 heavy (non-hydrogen) atoms. The molecule has 3 nitrogen and oxygen atoms in total. The van der Waals surface area contributed by atoms with Crippen LogP contribution >= 0.6 is 15.9 Å². The molecule has 86 valence electrons. The quantitative estimate of drug-likeness (QED) is 0.863. The van der Waals surface area contributed by atoms with Crippen molar-refractivity contribution in [2.75, 3.05) is 18.5 Å². The molecule has 0 saturated heterocycles. The Morgan fingerprint density at radius 1 is 1.56 bits per heavy atom. The summed E-state index contributed by atoms with van der Waals surface area (Å²) in [6, 6.07) is 5.22. The Labute approximate surface area is 104 Å². The van der Waals surface area contributed by atoms with Gasteiger partial charge >= 0.3 is 5.97 Å². The van der Waals surface area contributed by atoms with Gasteiger partial charge in [0.15, 0.2) is 0 Å². The number of benzene rings is 1. The monoisotopic (exact) mass is 283 g/mol. The van der Waals surface area contributed by atoms with Gasteiger partial charge in [-0.3, -0.25) is 0 Å². The number of carbonyl (C=O) groups is 1. The van der Waals surface area contributed by atoms with Gasteiger partial charge in [0.1, 0.15) is 0 Å². The van der Waals surface area contributed by atoms with Crippen LogP contribution in [-0.4, -0.2) is 24.7 Å². The maximum atomic E-state index is 11.1. The second-order valence-corrected chi connectivity index (χ2v) is 4.70. The number of aromatic carboxylic acids is 1. The molecule has 0 aliphatic carbocycles. The molecule has 0 atom stereocenters. The third-order valence-electron chi connectivity index (χ3n) is 2.11. The Morgan fingerprint density at radius 2 is 2.19 bits per heavy atom. The third-order valence-corrected chi connectivity index (χ3v) is 2.60. The topological polar surface area (TPSA) is 40.5 Å². The summed E-state index contributed by atoms with van der Waals surface area (Å²) >= 11 is 3.27. The van der Waals surface area contributed by atoms with Crippen molar-refractivity contribution in [1.29, 1.82) is 0 Å². The molecule has 0 aromatic heterocycles. The van der Waals surface area contributed by atoms with E-state index >= 15 is 0 Å². The Morgan fingerprint density at radius 3 is 2.69 bits per heavy atom. The molecule has 1 aromatic rings. The van der Waals surface area contributed by atoms with Crippen molar-refractivity contribution < 1.29 is 9.90 Å². The molecule has 0 bridgehead atoms. The highest BCUT2D eigenvalue weighted by Gasteiger charge is 2.13. The number of nitrogens with zero attached hydrogens (tertiary/aromatic N) is 1. The molecule has 0 unspecified atom stereocenters. The third kappa shape index (κ3) is 3.10. The molecule has 0 fully saturated rings. The van der Waals surface area contributed by atoms with E-state index < -0.39 is 5.97 Å². The summed E-state index contributed by atoms with van der Waals surface area (Å²) in [6.07, 6.45) is 0. The van der Waals surface area contributed by atoms with Gasteiger partial charge in [0.25, 0.3) is 0 Å². The highest BCUT2D eigenvalue weighted by molar-refractivity contribution is 9.10. The maximum absolute atomic E-state index is 11.1. The second-order valence-electron chi connectivity index (χ2n) is 3.78. The molecule has 4 heteroatoms. The van der Waals surface area contributed by atoms with E-state index in [1.165, 1.54) is 0 Å². The van der Waals surface area contributed by atoms with Crippen molar-refractivity contribution in [2.24, 2.45) is 0 Å². The van der Waals surface area contributed by atoms with Gasteiger partial charge in [0.2, 0.25) is 0 Å². The molecule has 0 saturated carbocycles. The first kappa shape index (κ1) is 12.8. The summed E-state index contributed by atoms with van der Waals surface area (Å²) in [5.41, 5.74) is 1.97. The number of halogens is 1. The van der Waals surface area contributed by atoms with Crippen LogP contribution in [0.15, 0.2) is 34.8 Å². The summed E-state index contributed by atoms with van der Waals surface area (Å²) in [7, 11) is 1.85. The molecular formula is C12H14BrNO2. The van der Waals surface area contributed by atoms with E-state index in [9.17, 15) is 4.79 Å². The van der Waals surface area contributed by atoms with Crippen molar-refractivity contribution in [3.8, 4) is 0 Å². The van der Waals surface area contributed by atoms with Gasteiger partial charge in [-0.05, 0) is 25.1 Å². The van der Waals surface area contributed by atoms with Crippen LogP contribution in [0.4, 0.5) is 5.69 Å². The van der Waals surface area contributed by atoms with Gasteiger partial charge in [-0.25, -0.2) is 4.79 Å². The number of anilines is 1. The normalized spacial score (nSPS) is 9.94. The average molecular weight is 284 g/mol. The molecular weight excluding hydrogens is 270 g/mol. The molecule has 0 aliphatic heterocycles. The zero-order valence-corrected chi connectivity index (χ0v) is 10.9. The fraction of sp³-hybridized carbons (Fsp3) is 0.250. The molecule has 0 aliphatic rings. The minimum Gasteiger partial charge on any atom is -0.478 e. The maximum Gasteiger partial charge on any atom is 0.337 e. The summed E-state index contributed by atoms with van der Waals surface area (Å²) < 4.78 is 0.761. The first-order valence-corrected chi connectivity index (χ1v) is 5.59. The van der Waals surface area contributed by atoms with Gasteiger partial charge < -0.3 is 10.0 Å². The molecule has 1 aromatic carbocycles. The Kier molecular flexibility index (Phi) is 4.12. The lowest BCUT2D eigenvalue weighted by atomic mass is 10.1.